The molecule has 0 aliphatic carbocycles. The molecule has 2 aromatic rings. The largest absolute Gasteiger partial charge is 0.390 e. The molecule has 20 heavy (non-hydrogen) atoms. The third-order valence-corrected chi connectivity index (χ3v) is 4.52. The van der Waals surface area contributed by atoms with Crippen LogP contribution < -0.4 is 0 Å². The lowest BCUT2D eigenvalue weighted by molar-refractivity contribution is 0.271. The van der Waals surface area contributed by atoms with Crippen LogP contribution in [0, 0.1) is 0 Å². The minimum absolute atomic E-state index is 0.0433. The number of halogens is 1. The highest BCUT2D eigenvalue weighted by Crippen LogP contribution is 2.24. The molecule has 2 rings (SSSR count). The number of nitrogens with zero attached hydrogens (tertiary/aromatic N) is 1. The van der Waals surface area contributed by atoms with Crippen LogP contribution in [-0.4, -0.2) is 30.1 Å². The molecule has 4 nitrogen and oxygen atoms in total. The van der Waals surface area contributed by atoms with E-state index >= 15 is 0 Å². The van der Waals surface area contributed by atoms with Crippen molar-refractivity contribution in [3.05, 3.63) is 35.0 Å². The van der Waals surface area contributed by atoms with Gasteiger partial charge in [-0.2, -0.15) is 0 Å². The van der Waals surface area contributed by atoms with Gasteiger partial charge >= 0.3 is 0 Å². The first kappa shape index (κ1) is 15.4. The van der Waals surface area contributed by atoms with E-state index in [1.165, 1.54) is 6.26 Å². The van der Waals surface area contributed by atoms with Gasteiger partial charge in [0.15, 0.2) is 0 Å². The first-order valence-electron chi connectivity index (χ1n) is 6.47. The minimum Gasteiger partial charge on any atom is -0.390 e. The fourth-order valence-corrected chi connectivity index (χ4v) is 3.24. The van der Waals surface area contributed by atoms with Crippen molar-refractivity contribution in [3.63, 3.8) is 0 Å². The fourth-order valence-electron chi connectivity index (χ4n) is 2.33. The molecule has 1 N–H and O–H groups in total. The zero-order valence-corrected chi connectivity index (χ0v) is 12.9. The van der Waals surface area contributed by atoms with Crippen molar-refractivity contribution in [2.45, 2.75) is 26.0 Å². The Hall–Kier alpha value is -1.04. The summed E-state index contributed by atoms with van der Waals surface area (Å²) in [6.07, 6.45) is 2.63. The van der Waals surface area contributed by atoms with Gasteiger partial charge in [-0.25, -0.2) is 8.42 Å². The maximum absolute atomic E-state index is 11.1. The molecular formula is C14H18ClNO3S. The Kier molecular flexibility index (Phi) is 4.73. The second-order valence-electron chi connectivity index (χ2n) is 4.99. The molecule has 0 fully saturated rings. The maximum atomic E-state index is 11.1. The van der Waals surface area contributed by atoms with E-state index < -0.39 is 9.84 Å². The van der Waals surface area contributed by atoms with E-state index in [2.05, 4.69) is 0 Å². The third kappa shape index (κ3) is 3.75. The number of aryl methyl sites for hydroxylation is 1. The standard InChI is InChI=1S/C14H18ClNO3S/c1-20(18,19)7-3-2-6-16-13(10-17)9-11-8-12(15)4-5-14(11)16/h4-5,8-9,17H,2-3,6-7,10H2,1H3. The van der Waals surface area contributed by atoms with Crippen LogP contribution in [-0.2, 0) is 23.0 Å². The second-order valence-corrected chi connectivity index (χ2v) is 7.68. The first-order chi connectivity index (χ1) is 9.40. The summed E-state index contributed by atoms with van der Waals surface area (Å²) in [5.74, 6) is 0.201. The summed E-state index contributed by atoms with van der Waals surface area (Å²) in [7, 11) is -2.91. The third-order valence-electron chi connectivity index (χ3n) is 3.26. The monoisotopic (exact) mass is 315 g/mol. The summed E-state index contributed by atoms with van der Waals surface area (Å²) in [5.41, 5.74) is 1.83. The Balaban J connectivity index is 2.16. The van der Waals surface area contributed by atoms with Gasteiger partial charge in [-0.1, -0.05) is 11.6 Å². The molecule has 1 aromatic carbocycles. The number of aliphatic hydroxyl groups excluding tert-OH is 1. The van der Waals surface area contributed by atoms with Gasteiger partial charge in [-0.05, 0) is 37.1 Å². The van der Waals surface area contributed by atoms with Crippen LogP contribution in [0.1, 0.15) is 18.5 Å². The molecule has 0 radical (unpaired) electrons. The number of sulfone groups is 1. The number of aromatic nitrogens is 1. The van der Waals surface area contributed by atoms with E-state index in [0.29, 0.717) is 18.0 Å². The van der Waals surface area contributed by atoms with Crippen molar-refractivity contribution in [2.24, 2.45) is 0 Å². The number of hydrogen-bond donors (Lipinski definition) is 1. The van der Waals surface area contributed by atoms with Gasteiger partial charge in [0.1, 0.15) is 9.84 Å². The van der Waals surface area contributed by atoms with Crippen molar-refractivity contribution in [1.82, 2.24) is 4.57 Å². The Morgan fingerprint density at radius 1 is 1.25 bits per heavy atom. The number of unbranched alkanes of at least 4 members (excludes halogenated alkanes) is 1. The van der Waals surface area contributed by atoms with Crippen LogP contribution >= 0.6 is 11.6 Å². The van der Waals surface area contributed by atoms with Gasteiger partial charge in [0.25, 0.3) is 0 Å². The van der Waals surface area contributed by atoms with Crippen LogP contribution in [0.25, 0.3) is 10.9 Å². The number of hydrogen-bond acceptors (Lipinski definition) is 3. The van der Waals surface area contributed by atoms with Gasteiger partial charge in [-0.15, -0.1) is 0 Å². The van der Waals surface area contributed by atoms with E-state index in [0.717, 1.165) is 23.0 Å². The molecule has 0 spiro atoms. The smallest absolute Gasteiger partial charge is 0.147 e. The van der Waals surface area contributed by atoms with E-state index in [4.69, 9.17) is 11.6 Å². The van der Waals surface area contributed by atoms with Crippen LogP contribution in [0.3, 0.4) is 0 Å². The Bertz CT molecular complexity index is 707. The van der Waals surface area contributed by atoms with Gasteiger partial charge in [0, 0.05) is 40.2 Å². The summed E-state index contributed by atoms with van der Waals surface area (Å²) in [6, 6.07) is 7.52. The molecule has 0 amide bonds. The average Bonchev–Trinajstić information content (AvgIpc) is 2.70. The quantitative estimate of drug-likeness (QED) is 0.834. The van der Waals surface area contributed by atoms with E-state index in [-0.39, 0.29) is 12.4 Å². The van der Waals surface area contributed by atoms with Crippen LogP contribution in [0.5, 0.6) is 0 Å². The van der Waals surface area contributed by atoms with Crippen LogP contribution in [0.4, 0.5) is 0 Å². The lowest BCUT2D eigenvalue weighted by Crippen LogP contribution is -2.07. The molecule has 0 aliphatic heterocycles. The maximum Gasteiger partial charge on any atom is 0.147 e. The summed E-state index contributed by atoms with van der Waals surface area (Å²) < 4.78 is 24.2. The molecule has 1 aromatic heterocycles. The molecule has 0 saturated heterocycles. The van der Waals surface area contributed by atoms with Crippen LogP contribution in [0.2, 0.25) is 5.02 Å². The fraction of sp³-hybridized carbons (Fsp3) is 0.429. The lowest BCUT2D eigenvalue weighted by atomic mass is 10.2. The average molecular weight is 316 g/mol. The molecule has 0 atom stereocenters. The zero-order chi connectivity index (χ0) is 14.8. The molecule has 1 heterocycles. The summed E-state index contributed by atoms with van der Waals surface area (Å²) in [4.78, 5) is 0. The molecule has 0 unspecified atom stereocenters. The van der Waals surface area contributed by atoms with Crippen molar-refractivity contribution >= 4 is 32.3 Å². The number of fused-ring (bicyclic) bond motifs is 1. The lowest BCUT2D eigenvalue weighted by Gasteiger charge is -2.09. The predicted octanol–water partition coefficient (Wildman–Crippen LogP) is 2.61. The summed E-state index contributed by atoms with van der Waals surface area (Å²) >= 11 is 5.96. The SMILES string of the molecule is CS(=O)(=O)CCCCn1c(CO)cc2cc(Cl)ccc21. The molecule has 0 bridgehead atoms. The van der Waals surface area contributed by atoms with E-state index in [1.807, 2.05) is 28.8 Å². The number of rotatable bonds is 6. The van der Waals surface area contributed by atoms with Gasteiger partial charge in [-0.3, -0.25) is 0 Å². The highest BCUT2D eigenvalue weighted by molar-refractivity contribution is 7.90. The summed E-state index contributed by atoms with van der Waals surface area (Å²) in [5, 5.41) is 11.1. The summed E-state index contributed by atoms with van der Waals surface area (Å²) in [6.45, 7) is 0.648. The topological polar surface area (TPSA) is 59.3 Å². The number of aliphatic hydroxyl groups is 1. The molecule has 0 aliphatic rings. The molecule has 0 saturated carbocycles. The second kappa shape index (κ2) is 6.16. The van der Waals surface area contributed by atoms with E-state index in [9.17, 15) is 13.5 Å². The molecular weight excluding hydrogens is 298 g/mol. The van der Waals surface area contributed by atoms with Gasteiger partial charge in [0.2, 0.25) is 0 Å². The van der Waals surface area contributed by atoms with Crippen molar-refractivity contribution in [2.75, 3.05) is 12.0 Å². The highest BCUT2D eigenvalue weighted by Gasteiger charge is 2.09. The van der Waals surface area contributed by atoms with Crippen LogP contribution in [0.15, 0.2) is 24.3 Å². The Morgan fingerprint density at radius 3 is 2.65 bits per heavy atom. The molecule has 110 valence electrons. The van der Waals surface area contributed by atoms with Crippen molar-refractivity contribution in [3.8, 4) is 0 Å². The normalized spacial score (nSPS) is 12.2. The predicted molar refractivity (Wildman–Crippen MR) is 81.8 cm³/mol. The molecule has 6 heteroatoms. The minimum atomic E-state index is -2.91. The van der Waals surface area contributed by atoms with Gasteiger partial charge < -0.3 is 9.67 Å². The Labute approximate surface area is 123 Å². The first-order valence-corrected chi connectivity index (χ1v) is 8.91. The van der Waals surface area contributed by atoms with Crippen molar-refractivity contribution < 1.29 is 13.5 Å². The zero-order valence-electron chi connectivity index (χ0n) is 11.3. The Morgan fingerprint density at radius 2 is 2.00 bits per heavy atom. The highest BCUT2D eigenvalue weighted by atomic mass is 35.5. The number of benzene rings is 1. The van der Waals surface area contributed by atoms with Crippen molar-refractivity contribution in [1.29, 1.82) is 0 Å². The van der Waals surface area contributed by atoms with Gasteiger partial charge in [0.05, 0.1) is 6.61 Å². The van der Waals surface area contributed by atoms with E-state index in [1.54, 1.807) is 0 Å².